The molecule has 16 heavy (non-hydrogen) atoms. The Balaban J connectivity index is 2.45. The van der Waals surface area contributed by atoms with E-state index in [1.807, 2.05) is 24.3 Å². The number of aryl methyl sites for hydroxylation is 1. The molecule has 0 aliphatic heterocycles. The van der Waals surface area contributed by atoms with E-state index in [9.17, 15) is 0 Å². The quantitative estimate of drug-likeness (QED) is 0.736. The Morgan fingerprint density at radius 1 is 1.06 bits per heavy atom. The smallest absolute Gasteiger partial charge is 0.0669 e. The van der Waals surface area contributed by atoms with E-state index in [0.29, 0.717) is 6.42 Å². The highest BCUT2D eigenvalue weighted by Crippen LogP contribution is 2.23. The maximum atomic E-state index is 8.69. The van der Waals surface area contributed by atoms with E-state index in [1.54, 1.807) is 0 Å². The van der Waals surface area contributed by atoms with Gasteiger partial charge in [0.05, 0.1) is 12.5 Å². The van der Waals surface area contributed by atoms with Crippen molar-refractivity contribution >= 4 is 0 Å². The first-order valence-electron chi connectivity index (χ1n) is 5.33. The monoisotopic (exact) mass is 207 g/mol. The first-order valence-corrected chi connectivity index (χ1v) is 5.33. The van der Waals surface area contributed by atoms with Gasteiger partial charge in [0.1, 0.15) is 0 Å². The Kier molecular flexibility index (Phi) is 3.03. The summed E-state index contributed by atoms with van der Waals surface area (Å²) in [6.45, 7) is 2.10. The Morgan fingerprint density at radius 3 is 2.62 bits per heavy atom. The molecule has 0 amide bonds. The van der Waals surface area contributed by atoms with E-state index >= 15 is 0 Å². The van der Waals surface area contributed by atoms with Crippen LogP contribution in [0.3, 0.4) is 0 Å². The van der Waals surface area contributed by atoms with Crippen molar-refractivity contribution in [1.29, 1.82) is 5.26 Å². The Labute approximate surface area is 96.0 Å². The molecular formula is C15H13N. The molecule has 0 saturated heterocycles. The van der Waals surface area contributed by atoms with Crippen molar-refractivity contribution in [1.82, 2.24) is 0 Å². The molecule has 0 fully saturated rings. The van der Waals surface area contributed by atoms with Gasteiger partial charge in [0.2, 0.25) is 0 Å². The molecule has 2 aromatic carbocycles. The maximum absolute atomic E-state index is 8.69. The van der Waals surface area contributed by atoms with Crippen molar-refractivity contribution in [2.45, 2.75) is 13.3 Å². The molecule has 0 heterocycles. The third-order valence-electron chi connectivity index (χ3n) is 2.67. The van der Waals surface area contributed by atoms with Gasteiger partial charge in [-0.15, -0.1) is 0 Å². The second-order valence-electron chi connectivity index (χ2n) is 3.85. The number of rotatable bonds is 2. The van der Waals surface area contributed by atoms with Gasteiger partial charge < -0.3 is 0 Å². The lowest BCUT2D eigenvalue weighted by Gasteiger charge is -2.06. The predicted octanol–water partition coefficient (Wildman–Crippen LogP) is 3.73. The van der Waals surface area contributed by atoms with Gasteiger partial charge in [-0.1, -0.05) is 48.5 Å². The molecular weight excluding hydrogens is 194 g/mol. The standard InChI is InChI=1S/C15H13N/c1-12-5-2-3-8-15(12)14-7-4-6-13(11-14)9-10-16/h2-8,11H,9H2,1H3. The minimum atomic E-state index is 0.472. The number of nitriles is 1. The number of nitrogens with zero attached hydrogens (tertiary/aromatic N) is 1. The Hall–Kier alpha value is -2.07. The summed E-state index contributed by atoms with van der Waals surface area (Å²) in [6.07, 6.45) is 0.472. The van der Waals surface area contributed by atoms with Crippen LogP contribution in [0, 0.1) is 18.3 Å². The van der Waals surface area contributed by atoms with Gasteiger partial charge in [0.15, 0.2) is 0 Å². The first-order chi connectivity index (χ1) is 7.81. The molecule has 0 saturated carbocycles. The topological polar surface area (TPSA) is 23.8 Å². The Bertz CT molecular complexity index is 535. The zero-order chi connectivity index (χ0) is 11.4. The summed E-state index contributed by atoms with van der Waals surface area (Å²) in [5.74, 6) is 0. The average Bonchev–Trinajstić information content (AvgIpc) is 2.30. The highest BCUT2D eigenvalue weighted by atomic mass is 14.2. The van der Waals surface area contributed by atoms with E-state index in [-0.39, 0.29) is 0 Å². The Morgan fingerprint density at radius 2 is 1.88 bits per heavy atom. The van der Waals surface area contributed by atoms with Crippen LogP contribution in [0.15, 0.2) is 48.5 Å². The molecule has 0 bridgehead atoms. The van der Waals surface area contributed by atoms with Gasteiger partial charge in [0, 0.05) is 0 Å². The van der Waals surface area contributed by atoms with Crippen molar-refractivity contribution in [2.24, 2.45) is 0 Å². The van der Waals surface area contributed by atoms with Crippen LogP contribution in [-0.4, -0.2) is 0 Å². The molecule has 0 spiro atoms. The number of hydrogen-bond donors (Lipinski definition) is 0. The van der Waals surface area contributed by atoms with Crippen molar-refractivity contribution < 1.29 is 0 Å². The highest BCUT2D eigenvalue weighted by molar-refractivity contribution is 5.67. The van der Waals surface area contributed by atoms with Gasteiger partial charge in [-0.2, -0.15) is 5.26 Å². The molecule has 1 heteroatoms. The van der Waals surface area contributed by atoms with Crippen LogP contribution in [0.5, 0.6) is 0 Å². The van der Waals surface area contributed by atoms with Crippen LogP contribution in [-0.2, 0) is 6.42 Å². The van der Waals surface area contributed by atoms with Gasteiger partial charge in [-0.25, -0.2) is 0 Å². The van der Waals surface area contributed by atoms with Crippen LogP contribution < -0.4 is 0 Å². The largest absolute Gasteiger partial charge is 0.198 e. The van der Waals surface area contributed by atoms with Gasteiger partial charge in [0.25, 0.3) is 0 Å². The molecule has 1 nitrogen and oxygen atoms in total. The second-order valence-corrected chi connectivity index (χ2v) is 3.85. The fourth-order valence-electron chi connectivity index (χ4n) is 1.84. The van der Waals surface area contributed by atoms with Gasteiger partial charge >= 0.3 is 0 Å². The summed E-state index contributed by atoms with van der Waals surface area (Å²) in [5.41, 5.74) is 4.76. The molecule has 0 radical (unpaired) electrons. The number of hydrogen-bond acceptors (Lipinski definition) is 1. The van der Waals surface area contributed by atoms with Crippen molar-refractivity contribution in [3.05, 3.63) is 59.7 Å². The van der Waals surface area contributed by atoms with Crippen LogP contribution >= 0.6 is 0 Å². The molecule has 0 unspecified atom stereocenters. The lowest BCUT2D eigenvalue weighted by atomic mass is 9.98. The summed E-state index contributed by atoms with van der Waals surface area (Å²) >= 11 is 0. The molecule has 0 aliphatic rings. The van der Waals surface area contributed by atoms with Crippen molar-refractivity contribution in [3.63, 3.8) is 0 Å². The molecule has 0 N–H and O–H groups in total. The fraction of sp³-hybridized carbons (Fsp3) is 0.133. The average molecular weight is 207 g/mol. The lowest BCUT2D eigenvalue weighted by Crippen LogP contribution is -1.85. The third kappa shape index (κ3) is 2.12. The van der Waals surface area contributed by atoms with Gasteiger partial charge in [-0.05, 0) is 29.2 Å². The fourth-order valence-corrected chi connectivity index (χ4v) is 1.84. The van der Waals surface area contributed by atoms with E-state index in [4.69, 9.17) is 5.26 Å². The SMILES string of the molecule is Cc1ccccc1-c1cccc(CC#N)c1. The predicted molar refractivity (Wildman–Crippen MR) is 65.9 cm³/mol. The minimum Gasteiger partial charge on any atom is -0.198 e. The van der Waals surface area contributed by atoms with Crippen LogP contribution in [0.4, 0.5) is 0 Å². The summed E-state index contributed by atoms with van der Waals surface area (Å²) in [6, 6.07) is 18.6. The summed E-state index contributed by atoms with van der Waals surface area (Å²) in [7, 11) is 0. The minimum absolute atomic E-state index is 0.472. The third-order valence-corrected chi connectivity index (χ3v) is 2.67. The summed E-state index contributed by atoms with van der Waals surface area (Å²) in [4.78, 5) is 0. The first kappa shape index (κ1) is 10.4. The normalized spacial score (nSPS) is 9.75. The molecule has 78 valence electrons. The lowest BCUT2D eigenvalue weighted by molar-refractivity contribution is 1.26. The molecule has 0 aromatic heterocycles. The van der Waals surface area contributed by atoms with Crippen LogP contribution in [0.2, 0.25) is 0 Å². The van der Waals surface area contributed by atoms with Crippen molar-refractivity contribution in [3.8, 4) is 17.2 Å². The van der Waals surface area contributed by atoms with E-state index < -0.39 is 0 Å². The van der Waals surface area contributed by atoms with E-state index in [1.165, 1.54) is 16.7 Å². The number of benzene rings is 2. The van der Waals surface area contributed by atoms with Crippen LogP contribution in [0.1, 0.15) is 11.1 Å². The molecule has 0 atom stereocenters. The van der Waals surface area contributed by atoms with E-state index in [2.05, 4.69) is 37.3 Å². The molecule has 2 rings (SSSR count). The summed E-state index contributed by atoms with van der Waals surface area (Å²) < 4.78 is 0. The summed E-state index contributed by atoms with van der Waals surface area (Å²) in [5, 5.41) is 8.69. The van der Waals surface area contributed by atoms with Gasteiger partial charge in [-0.3, -0.25) is 0 Å². The zero-order valence-electron chi connectivity index (χ0n) is 9.27. The van der Waals surface area contributed by atoms with Crippen LogP contribution in [0.25, 0.3) is 11.1 Å². The molecule has 2 aromatic rings. The zero-order valence-corrected chi connectivity index (χ0v) is 9.27. The second kappa shape index (κ2) is 4.63. The maximum Gasteiger partial charge on any atom is 0.0669 e. The van der Waals surface area contributed by atoms with E-state index in [0.717, 1.165) is 5.56 Å². The molecule has 0 aliphatic carbocycles. The highest BCUT2D eigenvalue weighted by Gasteiger charge is 2.01. The van der Waals surface area contributed by atoms with Crippen molar-refractivity contribution in [2.75, 3.05) is 0 Å².